The summed E-state index contributed by atoms with van der Waals surface area (Å²) in [5.74, 6) is -0.441. The molecule has 0 aromatic heterocycles. The molecule has 0 aromatic carbocycles. The van der Waals surface area contributed by atoms with Gasteiger partial charge in [-0.1, -0.05) is 0 Å². The van der Waals surface area contributed by atoms with E-state index in [4.69, 9.17) is 29.5 Å². The van der Waals surface area contributed by atoms with Gasteiger partial charge in [0.15, 0.2) is 0 Å². The second-order valence-electron chi connectivity index (χ2n) is 7.35. The Kier molecular flexibility index (Phi) is 19.0. The number of amides is 4. The molecule has 0 saturated carbocycles. The molecule has 0 aromatic rings. The maximum Gasteiger partial charge on any atom is 0.405 e. The highest BCUT2D eigenvalue weighted by molar-refractivity contribution is 5.85. The lowest BCUT2D eigenvalue weighted by atomic mass is 10.1. The molecule has 7 N–H and O–H groups in total. The standard InChI is InChI=1S/C20H38N4O10/c1-15(23-19(28)29)5-2-6-16(24-20(30)31)17(25)21-7-3-9-32-11-13-34-14-12-33-10-4-8-22-18(26)27/h15-16,22-24H,2-14H2,1H3,(H,21,25)(H,26,27)(H,28,29)(H,30,31). The van der Waals surface area contributed by atoms with Crippen LogP contribution in [0.5, 0.6) is 0 Å². The van der Waals surface area contributed by atoms with E-state index in [1.54, 1.807) is 6.92 Å². The van der Waals surface area contributed by atoms with Crippen molar-refractivity contribution in [2.24, 2.45) is 0 Å². The molecule has 2 unspecified atom stereocenters. The number of hydrogen-bond acceptors (Lipinski definition) is 7. The second kappa shape index (κ2) is 20.7. The Hall–Kier alpha value is -2.84. The van der Waals surface area contributed by atoms with E-state index < -0.39 is 30.2 Å². The third-order valence-electron chi connectivity index (χ3n) is 4.36. The van der Waals surface area contributed by atoms with Gasteiger partial charge in [0.2, 0.25) is 5.91 Å². The van der Waals surface area contributed by atoms with Gasteiger partial charge in [-0.05, 0) is 39.0 Å². The summed E-state index contributed by atoms with van der Waals surface area (Å²) in [5.41, 5.74) is 0. The molecular weight excluding hydrogens is 456 g/mol. The molecule has 34 heavy (non-hydrogen) atoms. The average Bonchev–Trinajstić information content (AvgIpc) is 2.74. The van der Waals surface area contributed by atoms with Gasteiger partial charge in [-0.3, -0.25) is 4.79 Å². The normalized spacial score (nSPS) is 12.4. The van der Waals surface area contributed by atoms with Crippen LogP contribution in [0.1, 0.15) is 39.0 Å². The van der Waals surface area contributed by atoms with Crippen molar-refractivity contribution in [3.05, 3.63) is 0 Å². The van der Waals surface area contributed by atoms with Crippen LogP contribution in [0.2, 0.25) is 0 Å². The van der Waals surface area contributed by atoms with E-state index in [1.165, 1.54) is 0 Å². The minimum atomic E-state index is -1.30. The molecule has 0 aliphatic rings. The Morgan fingerprint density at radius 3 is 1.65 bits per heavy atom. The van der Waals surface area contributed by atoms with E-state index in [0.29, 0.717) is 78.4 Å². The summed E-state index contributed by atoms with van der Waals surface area (Å²) in [4.78, 5) is 44.0. The molecule has 0 heterocycles. The highest BCUT2D eigenvalue weighted by atomic mass is 16.5. The Balaban J connectivity index is 3.72. The summed E-state index contributed by atoms with van der Waals surface area (Å²) in [6.07, 6.45) is -1.17. The summed E-state index contributed by atoms with van der Waals surface area (Å²) >= 11 is 0. The molecule has 4 amide bonds. The molecule has 0 spiro atoms. The number of rotatable bonds is 21. The predicted octanol–water partition coefficient (Wildman–Crippen LogP) is 0.663. The van der Waals surface area contributed by atoms with Crippen molar-refractivity contribution in [2.75, 3.05) is 52.7 Å². The van der Waals surface area contributed by atoms with Crippen molar-refractivity contribution in [3.8, 4) is 0 Å². The molecule has 14 nitrogen and oxygen atoms in total. The van der Waals surface area contributed by atoms with Crippen LogP contribution in [0, 0.1) is 0 Å². The first-order valence-corrected chi connectivity index (χ1v) is 11.2. The molecule has 14 heteroatoms. The molecule has 198 valence electrons. The summed E-state index contributed by atoms with van der Waals surface area (Å²) in [7, 11) is 0. The van der Waals surface area contributed by atoms with Crippen LogP contribution in [-0.2, 0) is 19.0 Å². The zero-order chi connectivity index (χ0) is 25.6. The summed E-state index contributed by atoms with van der Waals surface area (Å²) in [6, 6.07) is -1.22. The lowest BCUT2D eigenvalue weighted by Crippen LogP contribution is -2.46. The van der Waals surface area contributed by atoms with Gasteiger partial charge in [0.1, 0.15) is 6.04 Å². The molecule has 0 saturated heterocycles. The SMILES string of the molecule is CC(CCCC(NC(=O)O)C(=O)NCCCOCCOCCOCCCNC(=O)O)NC(=O)O. The van der Waals surface area contributed by atoms with E-state index in [9.17, 15) is 19.2 Å². The van der Waals surface area contributed by atoms with Crippen LogP contribution in [0.3, 0.4) is 0 Å². The predicted molar refractivity (Wildman–Crippen MR) is 120 cm³/mol. The quantitative estimate of drug-likeness (QED) is 0.111. The number of carbonyl (C=O) groups is 4. The molecular formula is C20H38N4O10. The van der Waals surface area contributed by atoms with Gasteiger partial charge in [0.25, 0.3) is 0 Å². The van der Waals surface area contributed by atoms with Crippen molar-refractivity contribution < 1.29 is 48.7 Å². The van der Waals surface area contributed by atoms with Gasteiger partial charge < -0.3 is 50.8 Å². The minimum Gasteiger partial charge on any atom is -0.465 e. The maximum atomic E-state index is 12.2. The highest BCUT2D eigenvalue weighted by Crippen LogP contribution is 2.05. The highest BCUT2D eigenvalue weighted by Gasteiger charge is 2.20. The zero-order valence-corrected chi connectivity index (χ0v) is 19.5. The molecule has 0 rings (SSSR count). The van der Waals surface area contributed by atoms with Gasteiger partial charge in [0, 0.05) is 32.3 Å². The summed E-state index contributed by atoms with van der Waals surface area (Å²) < 4.78 is 16.0. The molecule has 0 radical (unpaired) electrons. The summed E-state index contributed by atoms with van der Waals surface area (Å²) in [6.45, 7) is 4.75. The van der Waals surface area contributed by atoms with E-state index in [-0.39, 0.29) is 12.5 Å². The Labute approximate surface area is 198 Å². The summed E-state index contributed by atoms with van der Waals surface area (Å²) in [5, 5.41) is 35.4. The average molecular weight is 495 g/mol. The van der Waals surface area contributed by atoms with Gasteiger partial charge in [-0.2, -0.15) is 0 Å². The topological polar surface area (TPSA) is 205 Å². The monoisotopic (exact) mass is 494 g/mol. The second-order valence-corrected chi connectivity index (χ2v) is 7.35. The minimum absolute atomic E-state index is 0.251. The van der Waals surface area contributed by atoms with E-state index >= 15 is 0 Å². The van der Waals surface area contributed by atoms with Gasteiger partial charge in [-0.15, -0.1) is 0 Å². The molecule has 0 fully saturated rings. The van der Waals surface area contributed by atoms with Crippen molar-refractivity contribution in [3.63, 3.8) is 0 Å². The number of carboxylic acid groups (broad SMARTS) is 3. The van der Waals surface area contributed by atoms with Crippen molar-refractivity contribution in [1.29, 1.82) is 0 Å². The van der Waals surface area contributed by atoms with Crippen LogP contribution < -0.4 is 21.3 Å². The number of hydrogen-bond donors (Lipinski definition) is 7. The molecule has 2 atom stereocenters. The largest absolute Gasteiger partial charge is 0.465 e. The fourth-order valence-electron chi connectivity index (χ4n) is 2.75. The van der Waals surface area contributed by atoms with Crippen molar-refractivity contribution >= 4 is 24.2 Å². The zero-order valence-electron chi connectivity index (χ0n) is 19.5. The lowest BCUT2D eigenvalue weighted by molar-refractivity contribution is -0.123. The van der Waals surface area contributed by atoms with Crippen LogP contribution in [-0.4, -0.2) is 104 Å². The van der Waals surface area contributed by atoms with E-state index in [0.717, 1.165) is 0 Å². The van der Waals surface area contributed by atoms with Crippen LogP contribution in [0.25, 0.3) is 0 Å². The van der Waals surface area contributed by atoms with Crippen molar-refractivity contribution in [1.82, 2.24) is 21.3 Å². The molecule has 0 bridgehead atoms. The van der Waals surface area contributed by atoms with Crippen LogP contribution in [0.4, 0.5) is 14.4 Å². The lowest BCUT2D eigenvalue weighted by Gasteiger charge is -2.18. The van der Waals surface area contributed by atoms with Crippen molar-refractivity contribution in [2.45, 2.75) is 51.1 Å². The fourth-order valence-corrected chi connectivity index (χ4v) is 2.75. The number of carbonyl (C=O) groups excluding carboxylic acids is 1. The van der Waals surface area contributed by atoms with Crippen LogP contribution in [0.15, 0.2) is 0 Å². The smallest absolute Gasteiger partial charge is 0.405 e. The van der Waals surface area contributed by atoms with E-state index in [1.807, 2.05) is 0 Å². The van der Waals surface area contributed by atoms with Crippen LogP contribution >= 0.6 is 0 Å². The molecule has 0 aliphatic carbocycles. The number of ether oxygens (including phenoxy) is 3. The molecule has 0 aliphatic heterocycles. The van der Waals surface area contributed by atoms with Gasteiger partial charge in [0.05, 0.1) is 26.4 Å². The van der Waals surface area contributed by atoms with Gasteiger partial charge >= 0.3 is 18.3 Å². The first kappa shape index (κ1) is 31.2. The first-order chi connectivity index (χ1) is 16.2. The van der Waals surface area contributed by atoms with Gasteiger partial charge in [-0.25, -0.2) is 14.4 Å². The van der Waals surface area contributed by atoms with E-state index in [2.05, 4.69) is 21.3 Å². The fraction of sp³-hybridized carbons (Fsp3) is 0.800. The Morgan fingerprint density at radius 2 is 1.15 bits per heavy atom. The Morgan fingerprint density at radius 1 is 0.647 bits per heavy atom. The third-order valence-corrected chi connectivity index (χ3v) is 4.36. The maximum absolute atomic E-state index is 12.2. The third kappa shape index (κ3) is 21.0. The first-order valence-electron chi connectivity index (χ1n) is 11.2. The Bertz CT molecular complexity index is 594. The number of nitrogens with one attached hydrogen (secondary N) is 4.